The molecule has 0 aliphatic heterocycles. The molecule has 0 spiro atoms. The molecule has 2 aromatic heterocycles. The van der Waals surface area contributed by atoms with E-state index in [2.05, 4.69) is 70.6 Å². The SMILES string of the molecule is Cc1ccc(C(CNc2cc(Cn3ncc4ccccc4c3=O)nc(C)n2)N(C)C)cc1. The molecule has 4 rings (SSSR count). The maximum Gasteiger partial charge on any atom is 0.274 e. The van der Waals surface area contributed by atoms with Crippen LogP contribution in [0.5, 0.6) is 0 Å². The number of nitrogens with one attached hydrogen (secondary N) is 1. The molecule has 32 heavy (non-hydrogen) atoms. The molecule has 1 unspecified atom stereocenters. The lowest BCUT2D eigenvalue weighted by Gasteiger charge is -2.25. The van der Waals surface area contributed by atoms with Crippen LogP contribution in [0, 0.1) is 13.8 Å². The second-order valence-electron chi connectivity index (χ2n) is 8.26. The van der Waals surface area contributed by atoms with E-state index in [1.807, 2.05) is 37.3 Å². The Morgan fingerprint density at radius 1 is 1.03 bits per heavy atom. The van der Waals surface area contributed by atoms with Gasteiger partial charge in [-0.05, 0) is 39.6 Å². The third kappa shape index (κ3) is 4.84. The number of likely N-dealkylation sites (N-methyl/N-ethyl adjacent to an activating group) is 1. The summed E-state index contributed by atoms with van der Waals surface area (Å²) >= 11 is 0. The van der Waals surface area contributed by atoms with E-state index in [0.717, 1.165) is 16.9 Å². The van der Waals surface area contributed by atoms with Crippen LogP contribution in [0.1, 0.15) is 28.7 Å². The monoisotopic (exact) mass is 428 g/mol. The van der Waals surface area contributed by atoms with E-state index in [0.29, 0.717) is 17.8 Å². The molecule has 1 atom stereocenters. The van der Waals surface area contributed by atoms with Gasteiger partial charge in [-0.1, -0.05) is 48.0 Å². The lowest BCUT2D eigenvalue weighted by atomic mass is 10.0. The van der Waals surface area contributed by atoms with Crippen molar-refractivity contribution in [3.63, 3.8) is 0 Å². The van der Waals surface area contributed by atoms with E-state index in [1.54, 1.807) is 6.20 Å². The summed E-state index contributed by atoms with van der Waals surface area (Å²) in [6, 6.07) is 18.1. The first-order valence-corrected chi connectivity index (χ1v) is 10.7. The number of nitrogens with zero attached hydrogens (tertiary/aromatic N) is 5. The molecule has 1 N–H and O–H groups in total. The van der Waals surface area contributed by atoms with Gasteiger partial charge in [0.1, 0.15) is 11.6 Å². The zero-order valence-corrected chi connectivity index (χ0v) is 18.9. The van der Waals surface area contributed by atoms with Crippen LogP contribution in [0.15, 0.2) is 65.6 Å². The third-order valence-electron chi connectivity index (χ3n) is 5.53. The molecule has 0 aliphatic rings. The molecule has 0 bridgehead atoms. The molecule has 2 heterocycles. The van der Waals surface area contributed by atoms with Gasteiger partial charge in [0.05, 0.1) is 29.9 Å². The van der Waals surface area contributed by atoms with Crippen LogP contribution in [0.25, 0.3) is 10.8 Å². The fourth-order valence-electron chi connectivity index (χ4n) is 3.78. The summed E-state index contributed by atoms with van der Waals surface area (Å²) in [6.07, 6.45) is 1.72. The second kappa shape index (κ2) is 9.28. The lowest BCUT2D eigenvalue weighted by Crippen LogP contribution is -2.27. The summed E-state index contributed by atoms with van der Waals surface area (Å²) in [5, 5.41) is 9.26. The molecule has 0 fully saturated rings. The van der Waals surface area contributed by atoms with Crippen LogP contribution < -0.4 is 10.9 Å². The number of fused-ring (bicyclic) bond motifs is 1. The van der Waals surface area contributed by atoms with Gasteiger partial charge in [0.2, 0.25) is 0 Å². The molecule has 164 valence electrons. The lowest BCUT2D eigenvalue weighted by molar-refractivity contribution is 0.311. The summed E-state index contributed by atoms with van der Waals surface area (Å²) in [7, 11) is 4.14. The fraction of sp³-hybridized carbons (Fsp3) is 0.280. The number of benzene rings is 2. The predicted octanol–water partition coefficient (Wildman–Crippen LogP) is 3.57. The Kier molecular flexibility index (Phi) is 6.28. The number of rotatable bonds is 7. The number of hydrogen-bond acceptors (Lipinski definition) is 6. The Labute approximate surface area is 187 Å². The molecule has 0 radical (unpaired) electrons. The van der Waals surface area contributed by atoms with E-state index in [-0.39, 0.29) is 18.1 Å². The minimum atomic E-state index is -0.124. The molecule has 0 aliphatic carbocycles. The van der Waals surface area contributed by atoms with Crippen LogP contribution in [0.3, 0.4) is 0 Å². The molecule has 0 saturated heterocycles. The maximum atomic E-state index is 12.8. The Hall–Kier alpha value is -3.58. The number of aryl methyl sites for hydroxylation is 2. The van der Waals surface area contributed by atoms with Crippen LogP contribution in [-0.4, -0.2) is 45.3 Å². The molecular weight excluding hydrogens is 400 g/mol. The summed E-state index contributed by atoms with van der Waals surface area (Å²) in [6.45, 7) is 4.93. The highest BCUT2D eigenvalue weighted by Gasteiger charge is 2.15. The van der Waals surface area contributed by atoms with Gasteiger partial charge in [0, 0.05) is 18.0 Å². The zero-order chi connectivity index (χ0) is 22.7. The molecule has 0 saturated carbocycles. The van der Waals surface area contributed by atoms with Crippen molar-refractivity contribution in [2.75, 3.05) is 26.0 Å². The van der Waals surface area contributed by atoms with Gasteiger partial charge < -0.3 is 10.2 Å². The quantitative estimate of drug-likeness (QED) is 0.485. The van der Waals surface area contributed by atoms with Crippen molar-refractivity contribution in [3.05, 3.63) is 93.8 Å². The smallest absolute Gasteiger partial charge is 0.274 e. The molecule has 7 heteroatoms. The van der Waals surface area contributed by atoms with E-state index in [1.165, 1.54) is 15.8 Å². The van der Waals surface area contributed by atoms with E-state index < -0.39 is 0 Å². The highest BCUT2D eigenvalue weighted by Crippen LogP contribution is 2.20. The van der Waals surface area contributed by atoms with Crippen molar-refractivity contribution < 1.29 is 0 Å². The van der Waals surface area contributed by atoms with Crippen LogP contribution in [0.4, 0.5) is 5.82 Å². The van der Waals surface area contributed by atoms with Crippen molar-refractivity contribution in [2.45, 2.75) is 26.4 Å². The molecule has 7 nitrogen and oxygen atoms in total. The fourth-order valence-corrected chi connectivity index (χ4v) is 3.78. The van der Waals surface area contributed by atoms with Crippen molar-refractivity contribution in [2.24, 2.45) is 0 Å². The highest BCUT2D eigenvalue weighted by molar-refractivity contribution is 5.80. The van der Waals surface area contributed by atoms with E-state index in [9.17, 15) is 4.79 Å². The first-order valence-electron chi connectivity index (χ1n) is 10.7. The van der Waals surface area contributed by atoms with Crippen molar-refractivity contribution >= 4 is 16.6 Å². The van der Waals surface area contributed by atoms with Gasteiger partial charge in [0.15, 0.2) is 0 Å². The van der Waals surface area contributed by atoms with Gasteiger partial charge in [0.25, 0.3) is 5.56 Å². The average molecular weight is 429 g/mol. The minimum absolute atomic E-state index is 0.124. The topological polar surface area (TPSA) is 75.9 Å². The number of aromatic nitrogens is 4. The zero-order valence-electron chi connectivity index (χ0n) is 18.9. The van der Waals surface area contributed by atoms with Gasteiger partial charge in [-0.2, -0.15) is 5.10 Å². The minimum Gasteiger partial charge on any atom is -0.368 e. The Morgan fingerprint density at radius 3 is 2.53 bits per heavy atom. The Bertz CT molecular complexity index is 1280. The van der Waals surface area contributed by atoms with Gasteiger partial charge in [-0.15, -0.1) is 0 Å². The molecule has 0 amide bonds. The summed E-state index contributed by atoms with van der Waals surface area (Å²) in [4.78, 5) is 24.1. The number of anilines is 1. The maximum absolute atomic E-state index is 12.8. The Balaban J connectivity index is 1.54. The standard InChI is InChI=1S/C25H28N6O/c1-17-9-11-19(12-10-17)23(30(3)4)15-26-24-13-21(28-18(2)29-24)16-31-25(32)22-8-6-5-7-20(22)14-27-31/h5-14,23H,15-16H2,1-4H3,(H,26,28,29). The first-order chi connectivity index (χ1) is 15.4. The average Bonchev–Trinajstić information content (AvgIpc) is 2.77. The number of hydrogen-bond donors (Lipinski definition) is 1. The van der Waals surface area contributed by atoms with Crippen molar-refractivity contribution in [3.8, 4) is 0 Å². The molecule has 2 aromatic carbocycles. The largest absolute Gasteiger partial charge is 0.368 e. The van der Waals surface area contributed by atoms with Gasteiger partial charge in [-0.3, -0.25) is 4.79 Å². The summed E-state index contributed by atoms with van der Waals surface area (Å²) in [5.74, 6) is 1.39. The van der Waals surface area contributed by atoms with Gasteiger partial charge in [-0.25, -0.2) is 14.6 Å². The summed E-state index contributed by atoms with van der Waals surface area (Å²) in [5.41, 5.74) is 3.10. The second-order valence-corrected chi connectivity index (χ2v) is 8.26. The Morgan fingerprint density at radius 2 is 1.78 bits per heavy atom. The van der Waals surface area contributed by atoms with Gasteiger partial charge >= 0.3 is 0 Å². The first kappa shape index (κ1) is 21.6. The predicted molar refractivity (Wildman–Crippen MR) is 128 cm³/mol. The van der Waals surface area contributed by atoms with Crippen LogP contribution >= 0.6 is 0 Å². The van der Waals surface area contributed by atoms with Crippen molar-refractivity contribution in [1.29, 1.82) is 0 Å². The molecule has 4 aromatic rings. The highest BCUT2D eigenvalue weighted by atomic mass is 16.1. The van der Waals surface area contributed by atoms with Crippen LogP contribution in [-0.2, 0) is 6.54 Å². The third-order valence-corrected chi connectivity index (χ3v) is 5.53. The normalized spacial score (nSPS) is 12.3. The van der Waals surface area contributed by atoms with Crippen LogP contribution in [0.2, 0.25) is 0 Å². The van der Waals surface area contributed by atoms with E-state index in [4.69, 9.17) is 0 Å². The van der Waals surface area contributed by atoms with E-state index >= 15 is 0 Å². The molecular formula is C25H28N6O. The van der Waals surface area contributed by atoms with Crippen molar-refractivity contribution in [1.82, 2.24) is 24.6 Å². The summed E-state index contributed by atoms with van der Waals surface area (Å²) < 4.78 is 1.45.